The van der Waals surface area contributed by atoms with Crippen molar-refractivity contribution in [3.05, 3.63) is 77.0 Å². The maximum absolute atomic E-state index is 12.1. The molecule has 0 unspecified atom stereocenters. The van der Waals surface area contributed by atoms with E-state index >= 15 is 0 Å². The third-order valence-corrected chi connectivity index (χ3v) is 3.13. The van der Waals surface area contributed by atoms with Gasteiger partial charge < -0.3 is 5.32 Å². The van der Waals surface area contributed by atoms with E-state index in [9.17, 15) is 4.79 Å². The Kier molecular flexibility index (Phi) is 4.36. The molecule has 0 aliphatic carbocycles. The highest BCUT2D eigenvalue weighted by Gasteiger charge is 2.03. The van der Waals surface area contributed by atoms with Crippen molar-refractivity contribution < 1.29 is 4.79 Å². The zero-order valence-corrected chi connectivity index (χ0v) is 12.1. The number of carbonyl (C=O) groups is 1. The van der Waals surface area contributed by atoms with Crippen LogP contribution in [0.4, 0.5) is 5.69 Å². The van der Waals surface area contributed by atoms with Gasteiger partial charge >= 0.3 is 0 Å². The number of hydrogen-bond donors (Lipinski definition) is 1. The Morgan fingerprint density at radius 1 is 1.05 bits per heavy atom. The smallest absolute Gasteiger partial charge is 0.187 e. The third-order valence-electron chi connectivity index (χ3n) is 3.13. The van der Waals surface area contributed by atoms with Crippen LogP contribution in [0.3, 0.4) is 0 Å². The van der Waals surface area contributed by atoms with Crippen molar-refractivity contribution in [2.24, 2.45) is 0 Å². The predicted molar refractivity (Wildman–Crippen MR) is 84.1 cm³/mol. The van der Waals surface area contributed by atoms with Gasteiger partial charge in [-0.1, -0.05) is 42.5 Å². The lowest BCUT2D eigenvalue weighted by atomic mass is 10.1. The minimum Gasteiger partial charge on any atom is -0.359 e. The first-order valence-corrected chi connectivity index (χ1v) is 6.68. The maximum Gasteiger partial charge on any atom is 0.187 e. The quantitative estimate of drug-likeness (QED) is 0.651. The maximum atomic E-state index is 12.1. The summed E-state index contributed by atoms with van der Waals surface area (Å²) in [6, 6.07) is 15.5. The van der Waals surface area contributed by atoms with Crippen LogP contribution in [0.5, 0.6) is 0 Å². The molecule has 1 N–H and O–H groups in total. The summed E-state index contributed by atoms with van der Waals surface area (Å²) in [6.45, 7) is 6.01. The summed E-state index contributed by atoms with van der Waals surface area (Å²) < 4.78 is 0. The molecular formula is C18H19NO. The van der Waals surface area contributed by atoms with Crippen LogP contribution >= 0.6 is 0 Å². The summed E-state index contributed by atoms with van der Waals surface area (Å²) in [6.07, 6.45) is 1.64. The molecule has 0 spiro atoms. The van der Waals surface area contributed by atoms with Gasteiger partial charge in [-0.2, -0.15) is 0 Å². The molecule has 0 bridgehead atoms. The molecule has 0 heterocycles. The van der Waals surface area contributed by atoms with Crippen LogP contribution in [-0.4, -0.2) is 5.78 Å². The van der Waals surface area contributed by atoms with Gasteiger partial charge in [0, 0.05) is 23.0 Å². The van der Waals surface area contributed by atoms with Gasteiger partial charge in [0.15, 0.2) is 5.78 Å². The monoisotopic (exact) mass is 265 g/mol. The first-order chi connectivity index (χ1) is 9.56. The molecular weight excluding hydrogens is 246 g/mol. The standard InChI is InChI=1S/C18H19NO/c1-13-9-10-14(2)17(11-13)19-15(3)12-18(20)16-7-5-4-6-8-16/h4-12,19H,1-3H3/b15-12+. The molecule has 2 nitrogen and oxygen atoms in total. The Bertz CT molecular complexity index is 642. The summed E-state index contributed by atoms with van der Waals surface area (Å²) in [7, 11) is 0. The van der Waals surface area contributed by atoms with Gasteiger partial charge in [-0.15, -0.1) is 0 Å². The fraction of sp³-hybridized carbons (Fsp3) is 0.167. The van der Waals surface area contributed by atoms with Crippen molar-refractivity contribution in [2.45, 2.75) is 20.8 Å². The van der Waals surface area contributed by atoms with Gasteiger partial charge in [0.25, 0.3) is 0 Å². The highest BCUT2D eigenvalue weighted by atomic mass is 16.1. The number of carbonyl (C=O) groups excluding carboxylic acids is 1. The van der Waals surface area contributed by atoms with Crippen LogP contribution in [-0.2, 0) is 0 Å². The molecule has 2 rings (SSSR count). The number of rotatable bonds is 4. The summed E-state index contributed by atoms with van der Waals surface area (Å²) in [4.78, 5) is 12.1. The fourth-order valence-electron chi connectivity index (χ4n) is 2.00. The first kappa shape index (κ1) is 14.1. The van der Waals surface area contributed by atoms with Crippen LogP contribution < -0.4 is 5.32 Å². The zero-order chi connectivity index (χ0) is 14.5. The molecule has 102 valence electrons. The summed E-state index contributed by atoms with van der Waals surface area (Å²) >= 11 is 0. The molecule has 20 heavy (non-hydrogen) atoms. The van der Waals surface area contributed by atoms with Crippen LogP contribution in [0.15, 0.2) is 60.3 Å². The summed E-state index contributed by atoms with van der Waals surface area (Å²) in [5.74, 6) is 0.0147. The van der Waals surface area contributed by atoms with Crippen molar-refractivity contribution in [1.29, 1.82) is 0 Å². The highest BCUT2D eigenvalue weighted by Crippen LogP contribution is 2.18. The van der Waals surface area contributed by atoms with Crippen LogP contribution in [0, 0.1) is 13.8 Å². The van der Waals surface area contributed by atoms with E-state index < -0.39 is 0 Å². The molecule has 0 aromatic heterocycles. The second-order valence-corrected chi connectivity index (χ2v) is 5.00. The van der Waals surface area contributed by atoms with Gasteiger partial charge in [-0.25, -0.2) is 0 Å². The van der Waals surface area contributed by atoms with Gasteiger partial charge in [-0.05, 0) is 38.0 Å². The number of aryl methyl sites for hydroxylation is 2. The molecule has 0 saturated carbocycles. The second kappa shape index (κ2) is 6.20. The normalized spacial score (nSPS) is 11.2. The van der Waals surface area contributed by atoms with E-state index in [0.29, 0.717) is 5.56 Å². The number of ketones is 1. The fourth-order valence-corrected chi connectivity index (χ4v) is 2.00. The third kappa shape index (κ3) is 3.58. The van der Waals surface area contributed by atoms with Crippen molar-refractivity contribution in [3.8, 4) is 0 Å². The number of benzene rings is 2. The van der Waals surface area contributed by atoms with E-state index in [1.807, 2.05) is 44.2 Å². The molecule has 0 amide bonds. The van der Waals surface area contributed by atoms with E-state index in [0.717, 1.165) is 16.9 Å². The largest absolute Gasteiger partial charge is 0.359 e. The lowest BCUT2D eigenvalue weighted by molar-refractivity contribution is 0.104. The topological polar surface area (TPSA) is 29.1 Å². The van der Waals surface area contributed by atoms with E-state index in [1.54, 1.807) is 6.08 Å². The lowest BCUT2D eigenvalue weighted by Crippen LogP contribution is -2.02. The van der Waals surface area contributed by atoms with Crippen LogP contribution in [0.1, 0.15) is 28.4 Å². The van der Waals surface area contributed by atoms with Crippen molar-refractivity contribution in [1.82, 2.24) is 0 Å². The average molecular weight is 265 g/mol. The molecule has 0 radical (unpaired) electrons. The molecule has 2 aromatic carbocycles. The molecule has 0 saturated heterocycles. The predicted octanol–water partition coefficient (Wildman–Crippen LogP) is 4.50. The minimum absolute atomic E-state index is 0.0147. The van der Waals surface area contributed by atoms with E-state index in [1.165, 1.54) is 5.56 Å². The van der Waals surface area contributed by atoms with Crippen molar-refractivity contribution >= 4 is 11.5 Å². The molecule has 0 atom stereocenters. The van der Waals surface area contributed by atoms with E-state index in [2.05, 4.69) is 30.4 Å². The Hall–Kier alpha value is -2.35. The number of nitrogens with one attached hydrogen (secondary N) is 1. The van der Waals surface area contributed by atoms with Crippen LogP contribution in [0.25, 0.3) is 0 Å². The number of allylic oxidation sites excluding steroid dienone is 2. The van der Waals surface area contributed by atoms with Crippen molar-refractivity contribution in [2.75, 3.05) is 5.32 Å². The zero-order valence-electron chi connectivity index (χ0n) is 12.1. The minimum atomic E-state index is 0.0147. The Morgan fingerprint density at radius 2 is 1.75 bits per heavy atom. The van der Waals surface area contributed by atoms with Gasteiger partial charge in [-0.3, -0.25) is 4.79 Å². The van der Waals surface area contributed by atoms with E-state index in [-0.39, 0.29) is 5.78 Å². The number of hydrogen-bond acceptors (Lipinski definition) is 2. The second-order valence-electron chi connectivity index (χ2n) is 5.00. The van der Waals surface area contributed by atoms with Gasteiger partial charge in [0.2, 0.25) is 0 Å². The summed E-state index contributed by atoms with van der Waals surface area (Å²) in [5.41, 5.74) is 4.94. The summed E-state index contributed by atoms with van der Waals surface area (Å²) in [5, 5.41) is 3.29. The first-order valence-electron chi connectivity index (χ1n) is 6.68. The van der Waals surface area contributed by atoms with Gasteiger partial charge in [0.1, 0.15) is 0 Å². The molecule has 0 aliphatic heterocycles. The lowest BCUT2D eigenvalue weighted by Gasteiger charge is -2.10. The Morgan fingerprint density at radius 3 is 2.45 bits per heavy atom. The molecule has 0 aliphatic rings. The molecule has 2 aromatic rings. The highest BCUT2D eigenvalue weighted by molar-refractivity contribution is 6.05. The van der Waals surface area contributed by atoms with Crippen LogP contribution in [0.2, 0.25) is 0 Å². The van der Waals surface area contributed by atoms with Crippen molar-refractivity contribution in [3.63, 3.8) is 0 Å². The average Bonchev–Trinajstić information content (AvgIpc) is 2.43. The van der Waals surface area contributed by atoms with E-state index in [4.69, 9.17) is 0 Å². The molecule has 2 heteroatoms. The Balaban J connectivity index is 2.15. The SMILES string of the molecule is C/C(=C\C(=O)c1ccccc1)Nc1cc(C)ccc1C. The van der Waals surface area contributed by atoms with Gasteiger partial charge in [0.05, 0.1) is 0 Å². The number of anilines is 1. The Labute approximate surface area is 120 Å². The molecule has 0 fully saturated rings.